The predicted octanol–water partition coefficient (Wildman–Crippen LogP) is 0.361. The summed E-state index contributed by atoms with van der Waals surface area (Å²) in [5.41, 5.74) is -1.12. The van der Waals surface area contributed by atoms with E-state index in [1.807, 2.05) is 0 Å². The average molecular weight is 171 g/mol. The van der Waals surface area contributed by atoms with Crippen LogP contribution in [0, 0.1) is 0 Å². The largest absolute Gasteiger partial charge is 0.609 e. The Kier molecular flexibility index (Phi) is 2.81. The summed E-state index contributed by atoms with van der Waals surface area (Å²) >= 11 is -1.52. The van der Waals surface area contributed by atoms with Crippen molar-refractivity contribution in [2.24, 2.45) is 0 Å². The average Bonchev–Trinajstić information content (AvgIpc) is 2.05. The second-order valence-electron chi connectivity index (χ2n) is 1.94. The van der Waals surface area contributed by atoms with Crippen molar-refractivity contribution >= 4 is 11.2 Å². The smallest absolute Gasteiger partial charge is 0.248 e. The van der Waals surface area contributed by atoms with Gasteiger partial charge in [-0.1, -0.05) is 0 Å². The normalized spacial score (nSPS) is 15.9. The van der Waals surface area contributed by atoms with Gasteiger partial charge in [0.1, 0.15) is 6.33 Å². The quantitative estimate of drug-likeness (QED) is 0.603. The Hall–Kier alpha value is -0.650. The highest BCUT2D eigenvalue weighted by Gasteiger charge is 2.18. The molecule has 2 atom stereocenters. The summed E-state index contributed by atoms with van der Waals surface area (Å²) in [6, 6.07) is 0. The van der Waals surface area contributed by atoms with Crippen molar-refractivity contribution in [1.29, 1.82) is 0 Å². The first-order chi connectivity index (χ1) is 5.22. The molecule has 0 aliphatic carbocycles. The molecule has 0 aromatic carbocycles. The molecule has 0 spiro atoms. The second-order valence-corrected chi connectivity index (χ2v) is 3.67. The fourth-order valence-corrected chi connectivity index (χ4v) is 1.29. The molecular weight excluding hydrogens is 164 g/mol. The number of hydrogen-bond acceptors (Lipinski definition) is 3. The van der Waals surface area contributed by atoms with Crippen LogP contribution in [0.4, 0.5) is 0 Å². The molecule has 2 unspecified atom stereocenters. The minimum atomic E-state index is -1.52. The molecule has 0 fully saturated rings. The van der Waals surface area contributed by atoms with Crippen molar-refractivity contribution in [3.05, 3.63) is 18.7 Å². The van der Waals surface area contributed by atoms with E-state index in [1.54, 1.807) is 0 Å². The van der Waals surface area contributed by atoms with Gasteiger partial charge in [0.25, 0.3) is 0 Å². The number of hydrogen-bond donors (Lipinski definition) is 0. The van der Waals surface area contributed by atoms with Crippen LogP contribution in [0.3, 0.4) is 0 Å². The number of nitrogens with zero attached hydrogens (tertiary/aromatic N) is 2. The molecule has 5 heteroatoms. The van der Waals surface area contributed by atoms with Crippen LogP contribution >= 0.6 is 0 Å². The van der Waals surface area contributed by atoms with Gasteiger partial charge in [-0.25, -0.2) is 9.97 Å². The Morgan fingerprint density at radius 1 is 1.55 bits per heavy atom. The third-order valence-electron chi connectivity index (χ3n) is 1.07. The van der Waals surface area contributed by atoms with Crippen molar-refractivity contribution in [3.63, 3.8) is 0 Å². The molecule has 0 aliphatic heterocycles. The Balaban J connectivity index is 2.77. The minimum absolute atomic E-state index is 0.384. The van der Waals surface area contributed by atoms with Gasteiger partial charge in [-0.2, -0.15) is 5.11 Å². The van der Waals surface area contributed by atoms with Crippen LogP contribution in [-0.2, 0) is 16.3 Å². The van der Waals surface area contributed by atoms with Crippen LogP contribution in [0.1, 0.15) is 6.92 Å². The highest BCUT2D eigenvalue weighted by atomic mass is 32.2. The third kappa shape index (κ3) is 2.14. The van der Waals surface area contributed by atoms with E-state index in [1.165, 1.54) is 25.6 Å². The van der Waals surface area contributed by atoms with Crippen LogP contribution in [0.5, 0.6) is 0 Å². The highest BCUT2D eigenvalue weighted by molar-refractivity contribution is 7.91. The van der Waals surface area contributed by atoms with Crippen molar-refractivity contribution in [3.8, 4) is 0 Å². The van der Waals surface area contributed by atoms with Crippen molar-refractivity contribution in [1.82, 2.24) is 9.97 Å². The summed E-state index contributed by atoms with van der Waals surface area (Å²) in [6.07, 6.45) is 4.10. The topological polar surface area (TPSA) is 68.7 Å². The summed E-state index contributed by atoms with van der Waals surface area (Å²) in [7, 11) is 0. The van der Waals surface area contributed by atoms with E-state index in [-0.39, 0.29) is 0 Å². The van der Waals surface area contributed by atoms with Gasteiger partial charge in [-0.3, -0.25) is 0 Å². The molecular formula is C6H7N2O2S. The summed E-state index contributed by atoms with van der Waals surface area (Å²) in [6.45, 7) is 1.35. The fourth-order valence-electron chi connectivity index (χ4n) is 0.581. The molecule has 0 bridgehead atoms. The van der Waals surface area contributed by atoms with Gasteiger partial charge in [0.05, 0.1) is 12.4 Å². The van der Waals surface area contributed by atoms with Crippen LogP contribution in [0.15, 0.2) is 23.6 Å². The van der Waals surface area contributed by atoms with E-state index in [4.69, 9.17) is 0 Å². The lowest BCUT2D eigenvalue weighted by atomic mass is 10.7. The van der Waals surface area contributed by atoms with Gasteiger partial charge in [0, 0.05) is 18.1 Å². The van der Waals surface area contributed by atoms with E-state index >= 15 is 0 Å². The molecule has 0 aliphatic rings. The van der Waals surface area contributed by atoms with Gasteiger partial charge in [0.2, 0.25) is 5.44 Å². The molecule has 1 radical (unpaired) electrons. The molecule has 0 N–H and O–H groups in total. The lowest BCUT2D eigenvalue weighted by Crippen LogP contribution is -2.15. The van der Waals surface area contributed by atoms with E-state index in [0.29, 0.717) is 4.90 Å². The zero-order valence-corrected chi connectivity index (χ0v) is 6.75. The van der Waals surface area contributed by atoms with Gasteiger partial charge in [-0.15, -0.1) is 0 Å². The molecule has 1 aromatic rings. The first-order valence-electron chi connectivity index (χ1n) is 3.03. The van der Waals surface area contributed by atoms with Crippen molar-refractivity contribution in [2.45, 2.75) is 17.3 Å². The maximum absolute atomic E-state index is 11.1. The zero-order chi connectivity index (χ0) is 8.27. The van der Waals surface area contributed by atoms with Gasteiger partial charge >= 0.3 is 0 Å². The molecule has 11 heavy (non-hydrogen) atoms. The van der Waals surface area contributed by atoms with Crippen LogP contribution in [-0.4, -0.2) is 20.0 Å². The van der Waals surface area contributed by atoms with E-state index < -0.39 is 16.6 Å². The van der Waals surface area contributed by atoms with Gasteiger partial charge in [0.15, 0.2) is 4.90 Å². The Labute approximate surface area is 67.5 Å². The highest BCUT2D eigenvalue weighted by Crippen LogP contribution is 2.11. The maximum Gasteiger partial charge on any atom is 0.248 e. The summed E-state index contributed by atoms with van der Waals surface area (Å²) in [5, 5.41) is 10.7. The van der Waals surface area contributed by atoms with Crippen molar-refractivity contribution < 1.29 is 9.66 Å². The molecule has 0 saturated heterocycles. The Morgan fingerprint density at radius 3 is 2.55 bits per heavy atom. The van der Waals surface area contributed by atoms with Crippen LogP contribution in [0.2, 0.25) is 0 Å². The summed E-state index contributed by atoms with van der Waals surface area (Å²) < 4.78 is 11.1. The predicted molar refractivity (Wildman–Crippen MR) is 38.6 cm³/mol. The molecule has 0 saturated carbocycles. The maximum atomic E-state index is 11.1. The SMILES string of the molecule is CC([O])[S+]([O-])c1cncnc1. The van der Waals surface area contributed by atoms with Crippen LogP contribution < -0.4 is 0 Å². The molecule has 1 heterocycles. The molecule has 1 aromatic heterocycles. The molecule has 0 amide bonds. The monoisotopic (exact) mass is 171 g/mol. The summed E-state index contributed by atoms with van der Waals surface area (Å²) in [4.78, 5) is 7.67. The number of rotatable bonds is 2. The Morgan fingerprint density at radius 2 is 2.09 bits per heavy atom. The zero-order valence-electron chi connectivity index (χ0n) is 5.93. The summed E-state index contributed by atoms with van der Waals surface area (Å²) in [5.74, 6) is 0. The minimum Gasteiger partial charge on any atom is -0.609 e. The molecule has 1 rings (SSSR count). The van der Waals surface area contributed by atoms with Crippen LogP contribution in [0.25, 0.3) is 0 Å². The first-order valence-corrected chi connectivity index (χ1v) is 4.24. The lowest BCUT2D eigenvalue weighted by molar-refractivity contribution is 0.170. The first kappa shape index (κ1) is 8.45. The van der Waals surface area contributed by atoms with E-state index in [2.05, 4.69) is 9.97 Å². The fraction of sp³-hybridized carbons (Fsp3) is 0.333. The van der Waals surface area contributed by atoms with E-state index in [0.717, 1.165) is 0 Å². The molecule has 59 valence electrons. The number of aromatic nitrogens is 2. The Bertz CT molecular complexity index is 217. The second kappa shape index (κ2) is 3.66. The van der Waals surface area contributed by atoms with Gasteiger partial charge in [-0.05, 0) is 0 Å². The standard InChI is InChI=1S/C6H7N2O2S/c1-5(9)11(10)6-2-7-4-8-3-6/h2-5H,1H3. The third-order valence-corrected chi connectivity index (χ3v) is 2.35. The lowest BCUT2D eigenvalue weighted by Gasteiger charge is -2.09. The van der Waals surface area contributed by atoms with Gasteiger partial charge < -0.3 is 4.55 Å². The van der Waals surface area contributed by atoms with Crippen molar-refractivity contribution in [2.75, 3.05) is 0 Å². The van der Waals surface area contributed by atoms with E-state index in [9.17, 15) is 9.66 Å². The molecule has 4 nitrogen and oxygen atoms in total.